The average Bonchev–Trinajstić information content (AvgIpc) is 2.67. The number of carbonyl (C=O) groups excluding carboxylic acids is 1. The zero-order valence-electron chi connectivity index (χ0n) is 7.90. The Hall–Kier alpha value is -1.11. The van der Waals surface area contributed by atoms with Crippen molar-refractivity contribution in [1.82, 2.24) is 0 Å². The van der Waals surface area contributed by atoms with E-state index in [1.165, 1.54) is 4.88 Å². The summed E-state index contributed by atoms with van der Waals surface area (Å²) >= 11 is 1.66. The maximum absolute atomic E-state index is 11.4. The summed E-state index contributed by atoms with van der Waals surface area (Å²) in [6, 6.07) is 3.51. The molecule has 1 unspecified atom stereocenters. The van der Waals surface area contributed by atoms with Crippen molar-refractivity contribution in [2.75, 3.05) is 0 Å². The van der Waals surface area contributed by atoms with E-state index < -0.39 is 6.04 Å². The summed E-state index contributed by atoms with van der Waals surface area (Å²) in [6.45, 7) is 0. The number of ketones is 1. The molecule has 2 nitrogen and oxygen atoms in total. The highest BCUT2D eigenvalue weighted by Crippen LogP contribution is 2.11. The van der Waals surface area contributed by atoms with Gasteiger partial charge >= 0.3 is 0 Å². The van der Waals surface area contributed by atoms with Gasteiger partial charge in [-0.15, -0.1) is 23.7 Å². The predicted molar refractivity (Wildman–Crippen MR) is 59.1 cm³/mol. The van der Waals surface area contributed by atoms with Crippen LogP contribution in [0.5, 0.6) is 0 Å². The van der Waals surface area contributed by atoms with E-state index in [2.05, 4.69) is 5.92 Å². The zero-order chi connectivity index (χ0) is 10.4. The van der Waals surface area contributed by atoms with Crippen LogP contribution in [0.3, 0.4) is 0 Å². The fourth-order valence-electron chi connectivity index (χ4n) is 1.13. The van der Waals surface area contributed by atoms with Crippen LogP contribution in [-0.2, 0) is 11.2 Å². The quantitative estimate of drug-likeness (QED) is 0.745. The van der Waals surface area contributed by atoms with E-state index in [4.69, 9.17) is 12.2 Å². The minimum absolute atomic E-state index is 0.0522. The molecule has 3 heteroatoms. The van der Waals surface area contributed by atoms with Gasteiger partial charge in [-0.05, 0) is 17.9 Å². The minimum Gasteiger partial charge on any atom is -0.321 e. The maximum Gasteiger partial charge on any atom is 0.150 e. The molecule has 0 radical (unpaired) electrons. The van der Waals surface area contributed by atoms with E-state index in [0.29, 0.717) is 12.8 Å². The summed E-state index contributed by atoms with van der Waals surface area (Å²) < 4.78 is 0. The Balaban J connectivity index is 2.32. The molecule has 1 aromatic heterocycles. The minimum atomic E-state index is -0.486. The lowest BCUT2D eigenvalue weighted by Gasteiger charge is -2.05. The van der Waals surface area contributed by atoms with Gasteiger partial charge in [-0.2, -0.15) is 0 Å². The van der Waals surface area contributed by atoms with Crippen molar-refractivity contribution in [3.05, 3.63) is 22.4 Å². The van der Waals surface area contributed by atoms with Gasteiger partial charge in [-0.3, -0.25) is 4.79 Å². The van der Waals surface area contributed by atoms with Crippen LogP contribution >= 0.6 is 11.3 Å². The fourth-order valence-corrected chi connectivity index (χ4v) is 1.84. The van der Waals surface area contributed by atoms with Crippen molar-refractivity contribution in [2.24, 2.45) is 5.73 Å². The van der Waals surface area contributed by atoms with Gasteiger partial charge in [0, 0.05) is 17.7 Å². The lowest BCUT2D eigenvalue weighted by Crippen LogP contribution is -2.30. The van der Waals surface area contributed by atoms with Gasteiger partial charge in [0.25, 0.3) is 0 Å². The summed E-state index contributed by atoms with van der Waals surface area (Å²) in [7, 11) is 0. The Bertz CT molecular complexity index is 324. The largest absolute Gasteiger partial charge is 0.321 e. The van der Waals surface area contributed by atoms with Gasteiger partial charge in [0.05, 0.1) is 6.04 Å². The molecule has 1 rings (SSSR count). The number of carbonyl (C=O) groups is 1. The van der Waals surface area contributed by atoms with Crippen LogP contribution in [0.15, 0.2) is 17.5 Å². The number of hydrogen-bond donors (Lipinski definition) is 1. The van der Waals surface area contributed by atoms with Crippen LogP contribution in [0.1, 0.15) is 17.7 Å². The van der Waals surface area contributed by atoms with Crippen LogP contribution in [0.25, 0.3) is 0 Å². The second kappa shape index (κ2) is 5.58. The first kappa shape index (κ1) is 11.0. The summed E-state index contributed by atoms with van der Waals surface area (Å²) in [4.78, 5) is 12.6. The Morgan fingerprint density at radius 3 is 3.07 bits per heavy atom. The van der Waals surface area contributed by atoms with E-state index >= 15 is 0 Å². The summed E-state index contributed by atoms with van der Waals surface area (Å²) in [5.41, 5.74) is 5.58. The first-order valence-corrected chi connectivity index (χ1v) is 5.36. The molecule has 0 spiro atoms. The fraction of sp³-hybridized carbons (Fsp3) is 0.364. The highest BCUT2D eigenvalue weighted by Gasteiger charge is 2.11. The molecular formula is C11H13NOS. The van der Waals surface area contributed by atoms with Gasteiger partial charge in [0.15, 0.2) is 5.78 Å². The molecular weight excluding hydrogens is 194 g/mol. The van der Waals surface area contributed by atoms with Gasteiger partial charge in [0.2, 0.25) is 0 Å². The van der Waals surface area contributed by atoms with Crippen LogP contribution in [0.4, 0.5) is 0 Å². The van der Waals surface area contributed by atoms with Crippen molar-refractivity contribution in [1.29, 1.82) is 0 Å². The Morgan fingerprint density at radius 2 is 2.50 bits per heavy atom. The van der Waals surface area contributed by atoms with Crippen LogP contribution < -0.4 is 5.73 Å². The lowest BCUT2D eigenvalue weighted by atomic mass is 10.1. The van der Waals surface area contributed by atoms with E-state index in [0.717, 1.165) is 6.42 Å². The third kappa shape index (κ3) is 3.33. The number of Topliss-reactive ketones (excluding diaryl/α,β-unsaturated/α-hetero) is 1. The molecule has 0 aliphatic rings. The topological polar surface area (TPSA) is 43.1 Å². The van der Waals surface area contributed by atoms with E-state index in [1.807, 2.05) is 17.5 Å². The SMILES string of the molecule is C#CCC(N)C(=O)CCc1cccs1. The Labute approximate surface area is 88.1 Å². The summed E-state index contributed by atoms with van der Waals surface area (Å²) in [5, 5.41) is 2.00. The van der Waals surface area contributed by atoms with Crippen LogP contribution in [0, 0.1) is 12.3 Å². The first-order chi connectivity index (χ1) is 6.74. The second-order valence-corrected chi connectivity index (χ2v) is 4.09. The highest BCUT2D eigenvalue weighted by atomic mass is 32.1. The van der Waals surface area contributed by atoms with Crippen molar-refractivity contribution < 1.29 is 4.79 Å². The Morgan fingerprint density at radius 1 is 1.71 bits per heavy atom. The van der Waals surface area contributed by atoms with Gasteiger partial charge in [0.1, 0.15) is 0 Å². The van der Waals surface area contributed by atoms with Crippen molar-refractivity contribution >= 4 is 17.1 Å². The monoisotopic (exact) mass is 207 g/mol. The van der Waals surface area contributed by atoms with Crippen molar-refractivity contribution in [3.8, 4) is 12.3 Å². The van der Waals surface area contributed by atoms with Crippen LogP contribution in [-0.4, -0.2) is 11.8 Å². The molecule has 0 saturated carbocycles. The summed E-state index contributed by atoms with van der Waals surface area (Å²) in [5.74, 6) is 2.45. The molecule has 0 amide bonds. The molecule has 0 aliphatic carbocycles. The third-order valence-corrected chi connectivity index (χ3v) is 2.89. The summed E-state index contributed by atoms with van der Waals surface area (Å²) in [6.07, 6.45) is 6.68. The molecule has 14 heavy (non-hydrogen) atoms. The maximum atomic E-state index is 11.4. The van der Waals surface area contributed by atoms with Crippen molar-refractivity contribution in [3.63, 3.8) is 0 Å². The Kier molecular flexibility index (Phi) is 4.37. The second-order valence-electron chi connectivity index (χ2n) is 3.06. The normalized spacial score (nSPS) is 12.0. The molecule has 1 heterocycles. The standard InChI is InChI=1S/C11H13NOS/c1-2-4-10(12)11(13)7-6-9-5-3-8-14-9/h1,3,5,8,10H,4,6-7,12H2. The molecule has 1 atom stereocenters. The zero-order valence-corrected chi connectivity index (χ0v) is 8.72. The van der Waals surface area contributed by atoms with Crippen molar-refractivity contribution in [2.45, 2.75) is 25.3 Å². The molecule has 1 aromatic rings. The number of rotatable bonds is 5. The number of thiophene rings is 1. The van der Waals surface area contributed by atoms with Gasteiger partial charge in [-0.1, -0.05) is 6.07 Å². The number of hydrogen-bond acceptors (Lipinski definition) is 3. The number of aryl methyl sites for hydroxylation is 1. The number of terminal acetylenes is 1. The molecule has 0 bridgehead atoms. The molecule has 0 aromatic carbocycles. The molecule has 0 saturated heterocycles. The smallest absolute Gasteiger partial charge is 0.150 e. The lowest BCUT2D eigenvalue weighted by molar-refractivity contribution is -0.120. The molecule has 2 N–H and O–H groups in total. The third-order valence-electron chi connectivity index (χ3n) is 1.95. The van der Waals surface area contributed by atoms with E-state index in [-0.39, 0.29) is 5.78 Å². The number of nitrogens with two attached hydrogens (primary N) is 1. The van der Waals surface area contributed by atoms with E-state index in [1.54, 1.807) is 11.3 Å². The molecule has 0 fully saturated rings. The first-order valence-electron chi connectivity index (χ1n) is 4.48. The highest BCUT2D eigenvalue weighted by molar-refractivity contribution is 7.09. The average molecular weight is 207 g/mol. The molecule has 74 valence electrons. The molecule has 0 aliphatic heterocycles. The van der Waals surface area contributed by atoms with Gasteiger partial charge in [-0.25, -0.2) is 0 Å². The van der Waals surface area contributed by atoms with Crippen LogP contribution in [0.2, 0.25) is 0 Å². The van der Waals surface area contributed by atoms with Gasteiger partial charge < -0.3 is 5.73 Å². The predicted octanol–water partition coefficient (Wildman–Crippen LogP) is 1.60. The van der Waals surface area contributed by atoms with E-state index in [9.17, 15) is 4.79 Å².